The third-order valence-electron chi connectivity index (χ3n) is 5.83. The van der Waals surface area contributed by atoms with Gasteiger partial charge in [-0.15, -0.1) is 0 Å². The summed E-state index contributed by atoms with van der Waals surface area (Å²) in [5.74, 6) is -0.396. The molecule has 0 bridgehead atoms. The molecule has 2 aliphatic heterocycles. The molecule has 9 nitrogen and oxygen atoms in total. The zero-order valence-electron chi connectivity index (χ0n) is 19.0. The molecule has 4 rings (SSSR count). The Labute approximate surface area is 198 Å². The third-order valence-corrected chi connectivity index (χ3v) is 5.83. The fourth-order valence-electron chi connectivity index (χ4n) is 3.89. The number of amides is 3. The van der Waals surface area contributed by atoms with Crippen LogP contribution in [0.1, 0.15) is 33.6 Å². The average molecular weight is 467 g/mol. The van der Waals surface area contributed by atoms with E-state index in [4.69, 9.17) is 9.47 Å². The number of ether oxygens (including phenoxy) is 2. The minimum absolute atomic E-state index is 0.0353. The van der Waals surface area contributed by atoms with Gasteiger partial charge in [0.15, 0.2) is 0 Å². The number of anilines is 2. The molecule has 9 heteroatoms. The van der Waals surface area contributed by atoms with Gasteiger partial charge in [-0.2, -0.15) is 0 Å². The van der Waals surface area contributed by atoms with E-state index in [1.165, 1.54) is 0 Å². The van der Waals surface area contributed by atoms with Crippen LogP contribution in [0.4, 0.5) is 11.4 Å². The van der Waals surface area contributed by atoms with E-state index in [0.29, 0.717) is 49.7 Å². The van der Waals surface area contributed by atoms with Gasteiger partial charge in [-0.1, -0.05) is 0 Å². The number of rotatable bonds is 8. The van der Waals surface area contributed by atoms with Crippen molar-refractivity contribution < 1.29 is 23.9 Å². The van der Waals surface area contributed by atoms with Gasteiger partial charge in [0.05, 0.1) is 25.9 Å². The first-order chi connectivity index (χ1) is 16.6. The number of hydrogen-bond acceptors (Lipinski definition) is 6. The van der Waals surface area contributed by atoms with E-state index in [1.54, 1.807) is 53.4 Å². The topological polar surface area (TPSA) is 109 Å². The lowest BCUT2D eigenvalue weighted by atomic mass is 10.1. The predicted molar refractivity (Wildman–Crippen MR) is 128 cm³/mol. The number of hydrogen-bond donors (Lipinski definition) is 3. The van der Waals surface area contributed by atoms with Gasteiger partial charge in [0.1, 0.15) is 0 Å². The number of carbonyl (C=O) groups is 3. The van der Waals surface area contributed by atoms with Crippen molar-refractivity contribution in [3.8, 4) is 0 Å². The number of morpholine rings is 1. The number of nitrogens with zero attached hydrogens (tertiary/aromatic N) is 1. The second kappa shape index (κ2) is 11.6. The van der Waals surface area contributed by atoms with Crippen LogP contribution in [0.5, 0.6) is 0 Å². The van der Waals surface area contributed by atoms with Crippen molar-refractivity contribution in [3.63, 3.8) is 0 Å². The van der Waals surface area contributed by atoms with Crippen LogP contribution in [0.3, 0.4) is 0 Å². The molecule has 0 radical (unpaired) electrons. The van der Waals surface area contributed by atoms with Crippen LogP contribution >= 0.6 is 0 Å². The summed E-state index contributed by atoms with van der Waals surface area (Å²) in [6.45, 7) is 3.63. The van der Waals surface area contributed by atoms with E-state index >= 15 is 0 Å². The number of benzene rings is 2. The van der Waals surface area contributed by atoms with Crippen LogP contribution in [-0.4, -0.2) is 74.7 Å². The molecule has 0 aromatic heterocycles. The molecule has 180 valence electrons. The van der Waals surface area contributed by atoms with Crippen LogP contribution in [0, 0.1) is 0 Å². The summed E-state index contributed by atoms with van der Waals surface area (Å²) in [6, 6.07) is 13.8. The molecule has 0 aliphatic carbocycles. The summed E-state index contributed by atoms with van der Waals surface area (Å²) < 4.78 is 10.8. The largest absolute Gasteiger partial charge is 0.378 e. The fraction of sp³-hybridized carbons (Fsp3) is 0.400. The van der Waals surface area contributed by atoms with E-state index in [2.05, 4.69) is 16.0 Å². The first-order valence-corrected chi connectivity index (χ1v) is 11.6. The van der Waals surface area contributed by atoms with Crippen molar-refractivity contribution in [3.05, 3.63) is 59.7 Å². The van der Waals surface area contributed by atoms with Gasteiger partial charge in [-0.3, -0.25) is 14.4 Å². The lowest BCUT2D eigenvalue weighted by Crippen LogP contribution is -2.40. The number of nitrogens with one attached hydrogen (secondary N) is 3. The maximum atomic E-state index is 12.5. The molecule has 2 saturated heterocycles. The molecule has 3 amide bonds. The second-order valence-electron chi connectivity index (χ2n) is 8.31. The van der Waals surface area contributed by atoms with Crippen LogP contribution in [-0.2, 0) is 14.3 Å². The van der Waals surface area contributed by atoms with Gasteiger partial charge in [0.25, 0.3) is 11.8 Å². The molecule has 2 aliphatic rings. The predicted octanol–water partition coefficient (Wildman–Crippen LogP) is 2.12. The maximum absolute atomic E-state index is 12.5. The van der Waals surface area contributed by atoms with Crippen LogP contribution in [0.15, 0.2) is 48.5 Å². The van der Waals surface area contributed by atoms with E-state index in [0.717, 1.165) is 25.1 Å². The molecule has 34 heavy (non-hydrogen) atoms. The Morgan fingerprint density at radius 2 is 1.56 bits per heavy atom. The van der Waals surface area contributed by atoms with Crippen molar-refractivity contribution in [2.24, 2.45) is 0 Å². The molecule has 2 heterocycles. The minimum Gasteiger partial charge on any atom is -0.378 e. The standard InChI is InChI=1S/C25H30N4O5/c30-23(28-21-9-5-19(6-10-21)25(32)29-11-14-33-15-12-29)17-26-20-7-3-18(4-8-20)24(31)27-16-22-2-1-13-34-22/h3-10,22,26H,1-2,11-17H2,(H,27,31)(H,28,30). The third kappa shape index (κ3) is 6.55. The Morgan fingerprint density at radius 1 is 0.882 bits per heavy atom. The highest BCUT2D eigenvalue weighted by atomic mass is 16.5. The highest BCUT2D eigenvalue weighted by molar-refractivity contribution is 5.97. The van der Waals surface area contributed by atoms with Gasteiger partial charge in [0.2, 0.25) is 5.91 Å². The Morgan fingerprint density at radius 3 is 2.24 bits per heavy atom. The smallest absolute Gasteiger partial charge is 0.254 e. The highest BCUT2D eigenvalue weighted by Crippen LogP contribution is 2.14. The Bertz CT molecular complexity index is 981. The molecule has 0 spiro atoms. The zero-order valence-corrected chi connectivity index (χ0v) is 19.0. The van der Waals surface area contributed by atoms with Gasteiger partial charge in [0, 0.05) is 48.7 Å². The Hall–Kier alpha value is -3.43. The lowest BCUT2D eigenvalue weighted by molar-refractivity contribution is -0.114. The minimum atomic E-state index is -0.217. The van der Waals surface area contributed by atoms with Crippen LogP contribution in [0.25, 0.3) is 0 Å². The molecular formula is C25H30N4O5. The fourth-order valence-corrected chi connectivity index (χ4v) is 3.89. The summed E-state index contributed by atoms with van der Waals surface area (Å²) in [5.41, 5.74) is 2.48. The molecule has 2 aromatic carbocycles. The van der Waals surface area contributed by atoms with E-state index in [1.807, 2.05) is 0 Å². The van der Waals surface area contributed by atoms with Crippen molar-refractivity contribution in [2.75, 3.05) is 56.6 Å². The van der Waals surface area contributed by atoms with Gasteiger partial charge >= 0.3 is 0 Å². The summed E-state index contributed by atoms with van der Waals surface area (Å²) in [7, 11) is 0. The average Bonchev–Trinajstić information content (AvgIpc) is 3.41. The Balaban J connectivity index is 1.20. The van der Waals surface area contributed by atoms with Gasteiger partial charge in [-0.25, -0.2) is 0 Å². The molecule has 2 fully saturated rings. The van der Waals surface area contributed by atoms with Gasteiger partial charge in [-0.05, 0) is 61.4 Å². The quantitative estimate of drug-likeness (QED) is 0.550. The van der Waals surface area contributed by atoms with E-state index < -0.39 is 0 Å². The molecule has 2 aromatic rings. The molecule has 1 unspecified atom stereocenters. The second-order valence-corrected chi connectivity index (χ2v) is 8.31. The van der Waals surface area contributed by atoms with Crippen LogP contribution in [0.2, 0.25) is 0 Å². The van der Waals surface area contributed by atoms with Crippen molar-refractivity contribution in [1.82, 2.24) is 10.2 Å². The van der Waals surface area contributed by atoms with Crippen molar-refractivity contribution in [2.45, 2.75) is 18.9 Å². The molecular weight excluding hydrogens is 436 g/mol. The first kappa shape index (κ1) is 23.7. The molecule has 3 N–H and O–H groups in total. The Kier molecular flexibility index (Phi) is 8.11. The summed E-state index contributed by atoms with van der Waals surface area (Å²) in [6.07, 6.45) is 2.11. The summed E-state index contributed by atoms with van der Waals surface area (Å²) in [4.78, 5) is 38.8. The van der Waals surface area contributed by atoms with E-state index in [-0.39, 0.29) is 30.4 Å². The van der Waals surface area contributed by atoms with Crippen molar-refractivity contribution >= 4 is 29.1 Å². The van der Waals surface area contributed by atoms with Gasteiger partial charge < -0.3 is 30.3 Å². The SMILES string of the molecule is O=C(CNc1ccc(C(=O)NCC2CCCO2)cc1)Nc1ccc(C(=O)N2CCOCC2)cc1. The lowest BCUT2D eigenvalue weighted by Gasteiger charge is -2.26. The normalized spacial score (nSPS) is 17.8. The number of carbonyl (C=O) groups excluding carboxylic acids is 3. The zero-order chi connectivity index (χ0) is 23.8. The molecule has 0 saturated carbocycles. The summed E-state index contributed by atoms with van der Waals surface area (Å²) in [5, 5.41) is 8.74. The maximum Gasteiger partial charge on any atom is 0.254 e. The van der Waals surface area contributed by atoms with E-state index in [9.17, 15) is 14.4 Å². The monoisotopic (exact) mass is 466 g/mol. The summed E-state index contributed by atoms with van der Waals surface area (Å²) >= 11 is 0. The van der Waals surface area contributed by atoms with Crippen LogP contribution < -0.4 is 16.0 Å². The molecule has 1 atom stereocenters. The highest BCUT2D eigenvalue weighted by Gasteiger charge is 2.19. The van der Waals surface area contributed by atoms with Crippen molar-refractivity contribution in [1.29, 1.82) is 0 Å². The first-order valence-electron chi connectivity index (χ1n) is 11.6.